The molecule has 1 aliphatic rings. The average molecular weight is 438 g/mol. The van der Waals surface area contributed by atoms with Crippen LogP contribution >= 0.6 is 10.7 Å². The zero-order chi connectivity index (χ0) is 20.8. The maximum absolute atomic E-state index is 12.9. The number of hydrogen-bond donors (Lipinski definition) is 1. The summed E-state index contributed by atoms with van der Waals surface area (Å²) in [6.45, 7) is 0. The van der Waals surface area contributed by atoms with Crippen LogP contribution in [0.3, 0.4) is 0 Å². The molecule has 11 heteroatoms. The van der Waals surface area contributed by atoms with Crippen LogP contribution in [0.1, 0.15) is 43.7 Å². The van der Waals surface area contributed by atoms with Crippen LogP contribution in [-0.2, 0) is 16.1 Å². The molecule has 3 aromatic rings. The van der Waals surface area contributed by atoms with Gasteiger partial charge in [0.05, 0.1) is 18.4 Å². The van der Waals surface area contributed by atoms with Crippen molar-refractivity contribution in [3.05, 3.63) is 28.2 Å². The first-order chi connectivity index (χ1) is 13.8. The van der Waals surface area contributed by atoms with Crippen LogP contribution in [0, 0.1) is 0 Å². The van der Waals surface area contributed by atoms with E-state index in [-0.39, 0.29) is 28.2 Å². The minimum atomic E-state index is -4.02. The van der Waals surface area contributed by atoms with E-state index in [1.54, 1.807) is 11.7 Å². The lowest BCUT2D eigenvalue weighted by atomic mass is 9.86. The van der Waals surface area contributed by atoms with Gasteiger partial charge in [-0.3, -0.25) is 4.79 Å². The van der Waals surface area contributed by atoms with Gasteiger partial charge >= 0.3 is 0 Å². The van der Waals surface area contributed by atoms with Gasteiger partial charge in [0.15, 0.2) is 10.7 Å². The summed E-state index contributed by atoms with van der Waals surface area (Å²) in [6, 6.07) is 2.69. The molecule has 29 heavy (non-hydrogen) atoms. The summed E-state index contributed by atoms with van der Waals surface area (Å²) in [7, 11) is 4.44. The largest absolute Gasteiger partial charge is 0.480 e. The number of H-pyrrole nitrogens is 1. The molecule has 3 heterocycles. The zero-order valence-corrected chi connectivity index (χ0v) is 17.5. The van der Waals surface area contributed by atoms with Crippen molar-refractivity contribution in [2.45, 2.75) is 43.0 Å². The molecule has 1 aliphatic carbocycles. The normalized spacial score (nSPS) is 15.7. The predicted molar refractivity (Wildman–Crippen MR) is 108 cm³/mol. The lowest BCUT2D eigenvalue weighted by molar-refractivity contribution is 0.395. The lowest BCUT2D eigenvalue weighted by Crippen LogP contribution is -2.13. The van der Waals surface area contributed by atoms with Crippen LogP contribution in [-0.4, -0.2) is 40.3 Å². The highest BCUT2D eigenvalue weighted by molar-refractivity contribution is 8.13. The van der Waals surface area contributed by atoms with E-state index in [9.17, 15) is 13.2 Å². The molecule has 1 saturated carbocycles. The van der Waals surface area contributed by atoms with Crippen LogP contribution in [0.15, 0.2) is 22.0 Å². The van der Waals surface area contributed by atoms with Gasteiger partial charge in [0, 0.05) is 23.6 Å². The Morgan fingerprint density at radius 3 is 2.59 bits per heavy atom. The van der Waals surface area contributed by atoms with E-state index in [0.29, 0.717) is 16.6 Å². The van der Waals surface area contributed by atoms with Gasteiger partial charge in [-0.15, -0.1) is 0 Å². The molecule has 4 rings (SSSR count). The number of aromatic amines is 1. The molecule has 3 aromatic heterocycles. The molecule has 0 aliphatic heterocycles. The first kappa shape index (κ1) is 19.8. The number of hydrogen-bond acceptors (Lipinski definition) is 7. The minimum absolute atomic E-state index is 0.0103. The van der Waals surface area contributed by atoms with Crippen LogP contribution in [0.25, 0.3) is 22.4 Å². The Morgan fingerprint density at radius 2 is 1.93 bits per heavy atom. The van der Waals surface area contributed by atoms with Crippen molar-refractivity contribution in [2.75, 3.05) is 7.11 Å². The smallest absolute Gasteiger partial charge is 0.278 e. The molecule has 0 radical (unpaired) electrons. The third kappa shape index (κ3) is 3.62. The number of aryl methyl sites for hydroxylation is 1. The maximum atomic E-state index is 12.9. The molecule has 1 N–H and O–H groups in total. The fourth-order valence-electron chi connectivity index (χ4n) is 3.87. The van der Waals surface area contributed by atoms with Gasteiger partial charge in [0.25, 0.3) is 14.6 Å². The molecular weight excluding hydrogens is 418 g/mol. The fraction of sp³-hybridized carbons (Fsp3) is 0.444. The topological polar surface area (TPSA) is 120 Å². The minimum Gasteiger partial charge on any atom is -0.480 e. The van der Waals surface area contributed by atoms with E-state index in [4.69, 9.17) is 15.4 Å². The quantitative estimate of drug-likeness (QED) is 0.623. The van der Waals surface area contributed by atoms with Crippen molar-refractivity contribution in [1.82, 2.24) is 24.7 Å². The number of nitrogens with zero attached hydrogens (tertiary/aromatic N) is 4. The van der Waals surface area contributed by atoms with Crippen LogP contribution < -0.4 is 10.3 Å². The Kier molecular flexibility index (Phi) is 5.07. The summed E-state index contributed by atoms with van der Waals surface area (Å²) in [5, 5.41) is 4.74. The summed E-state index contributed by atoms with van der Waals surface area (Å²) < 4.78 is 29.9. The Labute approximate surface area is 171 Å². The number of ether oxygens (including phenoxy) is 1. The van der Waals surface area contributed by atoms with Gasteiger partial charge in [-0.25, -0.2) is 18.1 Å². The standard InChI is InChI=1S/C18H20ClN5O4S/c1-24-16-13(14(23-24)10-6-4-3-5-7-10)17(25)22-15(21-16)11-8-9-12(29(19,26)27)20-18(11)28-2/h8-10H,3-7H2,1-2H3,(H,21,22,25). The zero-order valence-electron chi connectivity index (χ0n) is 16.0. The van der Waals surface area contributed by atoms with Gasteiger partial charge in [-0.1, -0.05) is 19.3 Å². The number of pyridine rings is 1. The Hall–Kier alpha value is -2.46. The van der Waals surface area contributed by atoms with Crippen molar-refractivity contribution in [1.29, 1.82) is 0 Å². The van der Waals surface area contributed by atoms with Gasteiger partial charge < -0.3 is 9.72 Å². The number of halogens is 1. The summed E-state index contributed by atoms with van der Waals surface area (Å²) in [4.78, 5) is 24.2. The Bertz CT molecular complexity index is 1250. The first-order valence-corrected chi connectivity index (χ1v) is 11.6. The molecule has 9 nitrogen and oxygen atoms in total. The number of aromatic nitrogens is 5. The summed E-state index contributed by atoms with van der Waals surface area (Å²) in [5.74, 6) is 0.457. The average Bonchev–Trinajstić information content (AvgIpc) is 3.04. The third-order valence-corrected chi connectivity index (χ3v) is 6.45. The third-order valence-electron chi connectivity index (χ3n) is 5.25. The molecule has 0 amide bonds. The monoisotopic (exact) mass is 437 g/mol. The number of fused-ring (bicyclic) bond motifs is 1. The second-order valence-corrected chi connectivity index (χ2v) is 9.61. The molecule has 1 fully saturated rings. The molecule has 0 bridgehead atoms. The number of methoxy groups -OCH3 is 1. The Balaban J connectivity index is 1.87. The van der Waals surface area contributed by atoms with Gasteiger partial charge in [0.2, 0.25) is 5.88 Å². The van der Waals surface area contributed by atoms with E-state index < -0.39 is 9.05 Å². The second-order valence-electron chi connectivity index (χ2n) is 7.10. The fourth-order valence-corrected chi connectivity index (χ4v) is 4.55. The van der Waals surface area contributed by atoms with Crippen molar-refractivity contribution in [2.24, 2.45) is 7.05 Å². The van der Waals surface area contributed by atoms with Crippen molar-refractivity contribution >= 4 is 30.8 Å². The molecule has 0 aromatic carbocycles. The highest BCUT2D eigenvalue weighted by Gasteiger charge is 2.25. The van der Waals surface area contributed by atoms with E-state index >= 15 is 0 Å². The highest BCUT2D eigenvalue weighted by Crippen LogP contribution is 2.35. The van der Waals surface area contributed by atoms with E-state index in [1.807, 2.05) is 0 Å². The Morgan fingerprint density at radius 1 is 1.21 bits per heavy atom. The second kappa shape index (κ2) is 7.42. The number of rotatable bonds is 4. The van der Waals surface area contributed by atoms with E-state index in [2.05, 4.69) is 20.1 Å². The predicted octanol–water partition coefficient (Wildman–Crippen LogP) is 2.70. The van der Waals surface area contributed by atoms with Crippen molar-refractivity contribution < 1.29 is 13.2 Å². The van der Waals surface area contributed by atoms with E-state index in [1.165, 1.54) is 25.7 Å². The molecular formula is C18H20ClN5O4S. The van der Waals surface area contributed by atoms with Gasteiger partial charge in [-0.05, 0) is 25.0 Å². The molecule has 154 valence electrons. The summed E-state index contributed by atoms with van der Waals surface area (Å²) in [5.41, 5.74) is 1.29. The molecule has 0 spiro atoms. The van der Waals surface area contributed by atoms with Crippen molar-refractivity contribution in [3.8, 4) is 17.3 Å². The lowest BCUT2D eigenvalue weighted by Gasteiger charge is -2.19. The molecule has 0 saturated heterocycles. The van der Waals surface area contributed by atoms with Crippen LogP contribution in [0.2, 0.25) is 0 Å². The number of nitrogens with one attached hydrogen (secondary N) is 1. The van der Waals surface area contributed by atoms with Gasteiger partial charge in [-0.2, -0.15) is 10.1 Å². The van der Waals surface area contributed by atoms with Crippen LogP contribution in [0.4, 0.5) is 0 Å². The summed E-state index contributed by atoms with van der Waals surface area (Å²) >= 11 is 0. The summed E-state index contributed by atoms with van der Waals surface area (Å²) in [6.07, 6.45) is 5.50. The SMILES string of the molecule is COc1nc(S(=O)(=O)Cl)ccc1-c1nc2c(c(C3CCCCC3)nn2C)c(=O)[nH]1. The van der Waals surface area contributed by atoms with Crippen LogP contribution in [0.5, 0.6) is 5.88 Å². The van der Waals surface area contributed by atoms with Gasteiger partial charge in [0.1, 0.15) is 11.2 Å². The van der Waals surface area contributed by atoms with Crippen molar-refractivity contribution in [3.63, 3.8) is 0 Å². The van der Waals surface area contributed by atoms with E-state index in [0.717, 1.165) is 31.4 Å². The molecule has 0 atom stereocenters. The highest BCUT2D eigenvalue weighted by atomic mass is 35.7. The molecule has 0 unspecified atom stereocenters. The maximum Gasteiger partial charge on any atom is 0.278 e. The first-order valence-electron chi connectivity index (χ1n) is 9.26.